The molecule has 2 aliphatic rings. The van der Waals surface area contributed by atoms with Gasteiger partial charge in [0.15, 0.2) is 6.29 Å². The SMILES string of the molecule is CCC(C)(C)C(CC(C)(C)C)C1CCC(OCC(O)OC(C)(C)C2CCCC2)CC1. The number of rotatable bonds is 10. The molecule has 0 aromatic heterocycles. The topological polar surface area (TPSA) is 38.7 Å². The zero-order valence-electron chi connectivity index (χ0n) is 21.4. The van der Waals surface area contributed by atoms with Crippen LogP contribution in [0, 0.1) is 28.6 Å². The van der Waals surface area contributed by atoms with E-state index in [1.54, 1.807) is 0 Å². The van der Waals surface area contributed by atoms with Crippen molar-refractivity contribution in [3.8, 4) is 0 Å². The Bertz CT molecular complexity index is 491. The minimum atomic E-state index is -0.814. The molecule has 0 aliphatic heterocycles. The van der Waals surface area contributed by atoms with Crippen LogP contribution < -0.4 is 0 Å². The van der Waals surface area contributed by atoms with E-state index in [4.69, 9.17) is 9.47 Å². The van der Waals surface area contributed by atoms with Crippen molar-refractivity contribution in [2.24, 2.45) is 28.6 Å². The van der Waals surface area contributed by atoms with Crippen molar-refractivity contribution >= 4 is 0 Å². The lowest BCUT2D eigenvalue weighted by molar-refractivity contribution is -0.218. The van der Waals surface area contributed by atoms with Gasteiger partial charge >= 0.3 is 0 Å². The molecule has 2 fully saturated rings. The molecule has 2 rings (SSSR count). The van der Waals surface area contributed by atoms with Gasteiger partial charge < -0.3 is 14.6 Å². The van der Waals surface area contributed by atoms with E-state index in [0.29, 0.717) is 23.4 Å². The van der Waals surface area contributed by atoms with Crippen LogP contribution in [-0.4, -0.2) is 29.7 Å². The highest BCUT2D eigenvalue weighted by molar-refractivity contribution is 4.89. The second kappa shape index (κ2) is 10.7. The van der Waals surface area contributed by atoms with E-state index >= 15 is 0 Å². The summed E-state index contributed by atoms with van der Waals surface area (Å²) in [5.41, 5.74) is 0.502. The van der Waals surface area contributed by atoms with Gasteiger partial charge in [-0.25, -0.2) is 0 Å². The van der Waals surface area contributed by atoms with Crippen LogP contribution >= 0.6 is 0 Å². The molecule has 0 saturated heterocycles. The van der Waals surface area contributed by atoms with Crippen LogP contribution in [0.3, 0.4) is 0 Å². The molecule has 2 aliphatic carbocycles. The third-order valence-corrected chi connectivity index (χ3v) is 8.29. The third-order valence-electron chi connectivity index (χ3n) is 8.29. The van der Waals surface area contributed by atoms with Gasteiger partial charge in [-0.05, 0) is 87.4 Å². The summed E-state index contributed by atoms with van der Waals surface area (Å²) in [5.74, 6) is 2.12. The first kappa shape index (κ1) is 26.1. The van der Waals surface area contributed by atoms with Crippen molar-refractivity contribution in [3.05, 3.63) is 0 Å². The predicted octanol–water partition coefficient (Wildman–Crippen LogP) is 7.35. The van der Waals surface area contributed by atoms with Gasteiger partial charge in [-0.1, -0.05) is 60.8 Å². The molecular formula is C27H52O3. The monoisotopic (exact) mass is 424 g/mol. The van der Waals surface area contributed by atoms with E-state index in [1.165, 1.54) is 51.4 Å². The molecule has 0 amide bonds. The van der Waals surface area contributed by atoms with Crippen molar-refractivity contribution in [1.82, 2.24) is 0 Å². The molecule has 0 aromatic carbocycles. The van der Waals surface area contributed by atoms with E-state index < -0.39 is 6.29 Å². The van der Waals surface area contributed by atoms with Crippen molar-refractivity contribution in [2.75, 3.05) is 6.61 Å². The zero-order chi connectivity index (χ0) is 22.6. The molecule has 0 spiro atoms. The Morgan fingerprint density at radius 3 is 1.93 bits per heavy atom. The van der Waals surface area contributed by atoms with E-state index in [1.807, 2.05) is 0 Å². The standard InChI is InChI=1S/C27H52O3/c1-9-26(5,6)23(18-25(2,3)4)20-14-16-22(17-15-20)29-19-24(28)30-27(7,8)21-12-10-11-13-21/h20-24,28H,9-19H2,1-8H3. The lowest BCUT2D eigenvalue weighted by Crippen LogP contribution is -2.40. The van der Waals surface area contributed by atoms with Gasteiger partial charge in [0.25, 0.3) is 0 Å². The lowest BCUT2D eigenvalue weighted by atomic mass is 9.61. The normalized spacial score (nSPS) is 26.7. The molecule has 3 heteroatoms. The second-order valence-electron chi connectivity index (χ2n) is 12.7. The van der Waals surface area contributed by atoms with Crippen molar-refractivity contribution < 1.29 is 14.6 Å². The summed E-state index contributed by atoms with van der Waals surface area (Å²) in [7, 11) is 0. The van der Waals surface area contributed by atoms with Crippen LogP contribution in [0.5, 0.6) is 0 Å². The number of ether oxygens (including phenoxy) is 2. The largest absolute Gasteiger partial charge is 0.373 e. The van der Waals surface area contributed by atoms with E-state index in [9.17, 15) is 5.11 Å². The molecule has 3 nitrogen and oxygen atoms in total. The molecule has 30 heavy (non-hydrogen) atoms. The Kier molecular flexibility index (Phi) is 9.29. The molecule has 0 radical (unpaired) electrons. The molecule has 0 aromatic rings. The second-order valence-corrected chi connectivity index (χ2v) is 12.7. The van der Waals surface area contributed by atoms with Gasteiger partial charge in [-0.15, -0.1) is 0 Å². The molecule has 2 unspecified atom stereocenters. The minimum absolute atomic E-state index is 0.261. The maximum Gasteiger partial charge on any atom is 0.178 e. The van der Waals surface area contributed by atoms with E-state index in [2.05, 4.69) is 55.4 Å². The third kappa shape index (κ3) is 7.78. The van der Waals surface area contributed by atoms with Gasteiger partial charge in [-0.3, -0.25) is 0 Å². The molecule has 2 saturated carbocycles. The van der Waals surface area contributed by atoms with Crippen LogP contribution in [0.15, 0.2) is 0 Å². The first-order valence-corrected chi connectivity index (χ1v) is 12.8. The molecule has 178 valence electrons. The lowest BCUT2D eigenvalue weighted by Gasteiger charge is -2.45. The molecule has 0 heterocycles. The van der Waals surface area contributed by atoms with Crippen molar-refractivity contribution in [2.45, 2.75) is 138 Å². The first-order chi connectivity index (χ1) is 13.8. The average Bonchev–Trinajstić information content (AvgIpc) is 3.20. The number of hydrogen-bond acceptors (Lipinski definition) is 3. The van der Waals surface area contributed by atoms with E-state index in [0.717, 1.165) is 24.7 Å². The highest BCUT2D eigenvalue weighted by Crippen LogP contribution is 2.47. The van der Waals surface area contributed by atoms with Gasteiger partial charge in [0.1, 0.15) is 0 Å². The van der Waals surface area contributed by atoms with Crippen LogP contribution in [-0.2, 0) is 9.47 Å². The molecular weight excluding hydrogens is 372 g/mol. The highest BCUT2D eigenvalue weighted by atomic mass is 16.6. The average molecular weight is 425 g/mol. The summed E-state index contributed by atoms with van der Waals surface area (Å²) >= 11 is 0. The van der Waals surface area contributed by atoms with Crippen LogP contribution in [0.4, 0.5) is 0 Å². The van der Waals surface area contributed by atoms with Crippen molar-refractivity contribution in [3.63, 3.8) is 0 Å². The maximum atomic E-state index is 10.4. The fourth-order valence-corrected chi connectivity index (χ4v) is 5.98. The number of hydrogen-bond donors (Lipinski definition) is 1. The van der Waals surface area contributed by atoms with Crippen LogP contribution in [0.2, 0.25) is 0 Å². The summed E-state index contributed by atoms with van der Waals surface area (Å²) < 4.78 is 12.1. The van der Waals surface area contributed by atoms with Gasteiger partial charge in [0, 0.05) is 0 Å². The fourth-order valence-electron chi connectivity index (χ4n) is 5.98. The summed E-state index contributed by atoms with van der Waals surface area (Å²) in [5, 5.41) is 10.4. The van der Waals surface area contributed by atoms with Gasteiger partial charge in [0.2, 0.25) is 0 Å². The van der Waals surface area contributed by atoms with Gasteiger partial charge in [-0.2, -0.15) is 0 Å². The maximum absolute atomic E-state index is 10.4. The quantitative estimate of drug-likeness (QED) is 0.372. The molecule has 1 N–H and O–H groups in total. The molecule has 2 atom stereocenters. The minimum Gasteiger partial charge on any atom is -0.373 e. The summed E-state index contributed by atoms with van der Waals surface area (Å²) in [6, 6.07) is 0. The molecule has 0 bridgehead atoms. The summed E-state index contributed by atoms with van der Waals surface area (Å²) in [4.78, 5) is 0. The zero-order valence-corrected chi connectivity index (χ0v) is 21.4. The summed E-state index contributed by atoms with van der Waals surface area (Å²) in [6.45, 7) is 19.0. The summed E-state index contributed by atoms with van der Waals surface area (Å²) in [6.07, 6.45) is 11.7. The fraction of sp³-hybridized carbons (Fsp3) is 1.00. The highest BCUT2D eigenvalue weighted by Gasteiger charge is 2.39. The van der Waals surface area contributed by atoms with Crippen LogP contribution in [0.1, 0.15) is 120 Å². The van der Waals surface area contributed by atoms with Gasteiger partial charge in [0.05, 0.1) is 18.3 Å². The van der Waals surface area contributed by atoms with Crippen LogP contribution in [0.25, 0.3) is 0 Å². The number of aliphatic hydroxyl groups is 1. The Hall–Kier alpha value is -0.120. The number of aliphatic hydroxyl groups excluding tert-OH is 1. The van der Waals surface area contributed by atoms with Crippen molar-refractivity contribution in [1.29, 1.82) is 0 Å². The Balaban J connectivity index is 1.80. The Labute approximate surface area is 187 Å². The Morgan fingerprint density at radius 2 is 1.43 bits per heavy atom. The smallest absolute Gasteiger partial charge is 0.178 e. The first-order valence-electron chi connectivity index (χ1n) is 12.8. The Morgan fingerprint density at radius 1 is 0.867 bits per heavy atom. The van der Waals surface area contributed by atoms with E-state index in [-0.39, 0.29) is 11.7 Å². The predicted molar refractivity (Wildman–Crippen MR) is 126 cm³/mol.